The number of hydrogen-bond donors (Lipinski definition) is 2. The normalized spacial score (nSPS) is 12.1. The highest BCUT2D eigenvalue weighted by Gasteiger charge is 2.12. The molecule has 0 fully saturated rings. The molecule has 0 aliphatic rings. The van der Waals surface area contributed by atoms with Crippen LogP contribution in [0.15, 0.2) is 16.9 Å². The maximum Gasteiger partial charge on any atom is 0.308 e. The van der Waals surface area contributed by atoms with Crippen LogP contribution in [0.3, 0.4) is 0 Å². The SMILES string of the molecule is CC(CNC(=O)Cc1ccon1)C(=O)O. The summed E-state index contributed by atoms with van der Waals surface area (Å²) in [5, 5.41) is 14.6. The monoisotopic (exact) mass is 212 g/mol. The molecular weight excluding hydrogens is 200 g/mol. The molecule has 0 saturated carbocycles. The average molecular weight is 212 g/mol. The molecule has 0 aromatic carbocycles. The molecule has 6 nitrogen and oxygen atoms in total. The number of hydrogen-bond acceptors (Lipinski definition) is 4. The van der Waals surface area contributed by atoms with E-state index in [9.17, 15) is 9.59 Å². The maximum absolute atomic E-state index is 11.3. The van der Waals surface area contributed by atoms with Gasteiger partial charge in [-0.2, -0.15) is 0 Å². The van der Waals surface area contributed by atoms with Gasteiger partial charge >= 0.3 is 5.97 Å². The zero-order chi connectivity index (χ0) is 11.3. The van der Waals surface area contributed by atoms with Crippen molar-refractivity contribution in [3.8, 4) is 0 Å². The van der Waals surface area contributed by atoms with Crippen molar-refractivity contribution in [3.63, 3.8) is 0 Å². The number of aliphatic carboxylic acids is 1. The fourth-order valence-corrected chi connectivity index (χ4v) is 0.910. The molecule has 15 heavy (non-hydrogen) atoms. The number of aromatic nitrogens is 1. The molecule has 0 bridgehead atoms. The van der Waals surface area contributed by atoms with Crippen molar-refractivity contribution < 1.29 is 19.2 Å². The second-order valence-corrected chi connectivity index (χ2v) is 3.21. The van der Waals surface area contributed by atoms with E-state index in [4.69, 9.17) is 5.11 Å². The van der Waals surface area contributed by atoms with Gasteiger partial charge in [0.05, 0.1) is 18.0 Å². The Morgan fingerprint density at radius 1 is 1.67 bits per heavy atom. The van der Waals surface area contributed by atoms with Crippen LogP contribution in [0.4, 0.5) is 0 Å². The van der Waals surface area contributed by atoms with Crippen LogP contribution in [-0.4, -0.2) is 28.7 Å². The van der Waals surface area contributed by atoms with Gasteiger partial charge in [-0.1, -0.05) is 12.1 Å². The van der Waals surface area contributed by atoms with Crippen LogP contribution in [0.5, 0.6) is 0 Å². The number of carbonyl (C=O) groups is 2. The van der Waals surface area contributed by atoms with Crippen molar-refractivity contribution >= 4 is 11.9 Å². The summed E-state index contributed by atoms with van der Waals surface area (Å²) in [6, 6.07) is 1.58. The maximum atomic E-state index is 11.3. The van der Waals surface area contributed by atoms with E-state index < -0.39 is 11.9 Å². The third-order valence-corrected chi connectivity index (χ3v) is 1.86. The van der Waals surface area contributed by atoms with E-state index in [-0.39, 0.29) is 18.9 Å². The van der Waals surface area contributed by atoms with Crippen molar-refractivity contribution in [2.24, 2.45) is 5.92 Å². The van der Waals surface area contributed by atoms with Crippen molar-refractivity contribution in [2.75, 3.05) is 6.54 Å². The molecule has 1 heterocycles. The predicted octanol–water partition coefficient (Wildman–Crippen LogP) is 0.0540. The van der Waals surface area contributed by atoms with Crippen LogP contribution < -0.4 is 5.32 Å². The van der Waals surface area contributed by atoms with E-state index in [2.05, 4.69) is 15.0 Å². The number of nitrogens with zero attached hydrogens (tertiary/aromatic N) is 1. The van der Waals surface area contributed by atoms with Gasteiger partial charge in [-0.15, -0.1) is 0 Å². The first-order valence-corrected chi connectivity index (χ1v) is 4.48. The summed E-state index contributed by atoms with van der Waals surface area (Å²) < 4.78 is 4.56. The Hall–Kier alpha value is -1.85. The summed E-state index contributed by atoms with van der Waals surface area (Å²) in [5.74, 6) is -1.79. The molecular formula is C9H12N2O4. The third kappa shape index (κ3) is 3.80. The minimum absolute atomic E-state index is 0.100. The Labute approximate surface area is 86.3 Å². The van der Waals surface area contributed by atoms with E-state index in [0.717, 1.165) is 0 Å². The van der Waals surface area contributed by atoms with Gasteiger partial charge in [-0.3, -0.25) is 9.59 Å². The number of carbonyl (C=O) groups excluding carboxylic acids is 1. The zero-order valence-corrected chi connectivity index (χ0v) is 8.27. The van der Waals surface area contributed by atoms with Gasteiger partial charge in [0.15, 0.2) is 0 Å². The Kier molecular flexibility index (Phi) is 3.84. The number of carboxylic acid groups (broad SMARTS) is 1. The number of nitrogens with one attached hydrogen (secondary N) is 1. The summed E-state index contributed by atoms with van der Waals surface area (Å²) in [4.78, 5) is 21.7. The summed E-state index contributed by atoms with van der Waals surface area (Å²) in [6.07, 6.45) is 1.48. The zero-order valence-electron chi connectivity index (χ0n) is 8.27. The van der Waals surface area contributed by atoms with E-state index in [0.29, 0.717) is 5.69 Å². The molecule has 1 unspecified atom stereocenters. The van der Waals surface area contributed by atoms with Crippen LogP contribution in [0, 0.1) is 5.92 Å². The summed E-state index contributed by atoms with van der Waals surface area (Å²) in [5.41, 5.74) is 0.524. The quantitative estimate of drug-likeness (QED) is 0.719. The molecule has 1 aromatic rings. The van der Waals surface area contributed by atoms with Gasteiger partial charge < -0.3 is 14.9 Å². The second-order valence-electron chi connectivity index (χ2n) is 3.21. The fourth-order valence-electron chi connectivity index (χ4n) is 0.910. The van der Waals surface area contributed by atoms with Gasteiger partial charge in [0, 0.05) is 12.6 Å². The Balaban J connectivity index is 2.28. The highest BCUT2D eigenvalue weighted by Crippen LogP contribution is 1.96. The number of carboxylic acids is 1. The van der Waals surface area contributed by atoms with Gasteiger partial charge in [0.1, 0.15) is 6.26 Å². The topological polar surface area (TPSA) is 92.4 Å². The summed E-state index contributed by atoms with van der Waals surface area (Å²) in [6.45, 7) is 1.64. The van der Waals surface area contributed by atoms with E-state index in [1.165, 1.54) is 13.2 Å². The van der Waals surface area contributed by atoms with Crippen LogP contribution in [0.1, 0.15) is 12.6 Å². The largest absolute Gasteiger partial charge is 0.481 e. The molecule has 82 valence electrons. The Bertz CT molecular complexity index is 334. The highest BCUT2D eigenvalue weighted by molar-refractivity contribution is 5.79. The smallest absolute Gasteiger partial charge is 0.308 e. The molecule has 1 aromatic heterocycles. The first kappa shape index (κ1) is 11.2. The molecule has 2 N–H and O–H groups in total. The minimum atomic E-state index is -0.934. The standard InChI is InChI=1S/C9H12N2O4/c1-6(9(13)14)5-10-8(12)4-7-2-3-15-11-7/h2-3,6H,4-5H2,1H3,(H,10,12)(H,13,14). The predicted molar refractivity (Wildman–Crippen MR) is 50.0 cm³/mol. The van der Waals surface area contributed by atoms with Crippen molar-refractivity contribution in [2.45, 2.75) is 13.3 Å². The first-order valence-electron chi connectivity index (χ1n) is 4.48. The lowest BCUT2D eigenvalue weighted by Gasteiger charge is -2.06. The van der Waals surface area contributed by atoms with Crippen molar-refractivity contribution in [1.29, 1.82) is 0 Å². The highest BCUT2D eigenvalue weighted by atomic mass is 16.5. The van der Waals surface area contributed by atoms with Crippen LogP contribution in [-0.2, 0) is 16.0 Å². The lowest BCUT2D eigenvalue weighted by atomic mass is 10.2. The fraction of sp³-hybridized carbons (Fsp3) is 0.444. The molecule has 1 rings (SSSR count). The molecule has 1 atom stereocenters. The molecule has 0 aliphatic carbocycles. The third-order valence-electron chi connectivity index (χ3n) is 1.86. The van der Waals surface area contributed by atoms with Gasteiger partial charge in [0.25, 0.3) is 0 Å². The molecule has 1 amide bonds. The van der Waals surface area contributed by atoms with Gasteiger partial charge in [0.2, 0.25) is 5.91 Å². The minimum Gasteiger partial charge on any atom is -0.481 e. The Morgan fingerprint density at radius 2 is 2.40 bits per heavy atom. The average Bonchev–Trinajstić information content (AvgIpc) is 2.66. The Morgan fingerprint density at radius 3 is 2.93 bits per heavy atom. The molecule has 0 spiro atoms. The van der Waals surface area contributed by atoms with E-state index >= 15 is 0 Å². The summed E-state index contributed by atoms with van der Waals surface area (Å²) >= 11 is 0. The lowest BCUT2D eigenvalue weighted by Crippen LogP contribution is -2.32. The van der Waals surface area contributed by atoms with Gasteiger partial charge in [-0.25, -0.2) is 0 Å². The van der Waals surface area contributed by atoms with Gasteiger partial charge in [-0.05, 0) is 0 Å². The summed E-state index contributed by atoms with van der Waals surface area (Å²) in [7, 11) is 0. The second kappa shape index (κ2) is 5.14. The molecule has 0 radical (unpaired) electrons. The number of rotatable bonds is 5. The molecule has 6 heteroatoms. The van der Waals surface area contributed by atoms with Crippen molar-refractivity contribution in [3.05, 3.63) is 18.0 Å². The van der Waals surface area contributed by atoms with Crippen LogP contribution in [0.25, 0.3) is 0 Å². The lowest BCUT2D eigenvalue weighted by molar-refractivity contribution is -0.141. The van der Waals surface area contributed by atoms with E-state index in [1.54, 1.807) is 6.07 Å². The van der Waals surface area contributed by atoms with Crippen LogP contribution in [0.2, 0.25) is 0 Å². The molecule has 0 saturated heterocycles. The van der Waals surface area contributed by atoms with Crippen molar-refractivity contribution in [1.82, 2.24) is 10.5 Å². The number of amides is 1. The van der Waals surface area contributed by atoms with E-state index in [1.807, 2.05) is 0 Å². The molecule has 0 aliphatic heterocycles. The first-order chi connectivity index (χ1) is 7.09. The van der Waals surface area contributed by atoms with Crippen LogP contribution >= 0.6 is 0 Å².